The number of allylic oxidation sites excluding steroid dienone is 2. The number of carbonyl (C=O) groups is 1. The lowest BCUT2D eigenvalue weighted by molar-refractivity contribution is -0.123. The van der Waals surface area contributed by atoms with Crippen molar-refractivity contribution in [2.24, 2.45) is 17.8 Å². The first kappa shape index (κ1) is 14.1. The normalized spacial score (nSPS) is 26.3. The maximum absolute atomic E-state index is 12.8. The van der Waals surface area contributed by atoms with E-state index in [1.165, 1.54) is 23.9 Å². The average molecular weight is 309 g/mol. The molecule has 23 heavy (non-hydrogen) atoms. The van der Waals surface area contributed by atoms with Crippen LogP contribution >= 0.6 is 0 Å². The third kappa shape index (κ3) is 2.76. The van der Waals surface area contributed by atoms with E-state index in [0.29, 0.717) is 17.8 Å². The standard InChI is InChI=1S/C17H19N5O/c23-17(18-10-15-9-12-6-7-14(15)8-12)16(22-11-19-20-21-22)13-4-2-1-3-5-13/h1-7,11-12,14-16H,8-10H2,(H,18,23)/t12-,14-,15-,16+/m0/s1. The number of hydrogen-bond acceptors (Lipinski definition) is 4. The van der Waals surface area contributed by atoms with Crippen LogP contribution in [-0.2, 0) is 4.79 Å². The fraction of sp³-hybridized carbons (Fsp3) is 0.412. The summed E-state index contributed by atoms with van der Waals surface area (Å²) in [7, 11) is 0. The molecule has 2 aliphatic rings. The highest BCUT2D eigenvalue weighted by molar-refractivity contribution is 5.83. The molecule has 0 unspecified atom stereocenters. The minimum Gasteiger partial charge on any atom is -0.354 e. The summed E-state index contributed by atoms with van der Waals surface area (Å²) in [4.78, 5) is 12.8. The van der Waals surface area contributed by atoms with Crippen molar-refractivity contribution in [3.63, 3.8) is 0 Å². The molecule has 1 fully saturated rings. The van der Waals surface area contributed by atoms with Crippen LogP contribution in [0.2, 0.25) is 0 Å². The molecular weight excluding hydrogens is 290 g/mol. The van der Waals surface area contributed by atoms with Crippen LogP contribution in [0.1, 0.15) is 24.4 Å². The lowest BCUT2D eigenvalue weighted by Gasteiger charge is -2.21. The van der Waals surface area contributed by atoms with Crippen molar-refractivity contribution in [3.8, 4) is 0 Å². The Kier molecular flexibility index (Phi) is 3.65. The number of carbonyl (C=O) groups excluding carboxylic acids is 1. The molecule has 6 nitrogen and oxygen atoms in total. The molecule has 2 aromatic rings. The van der Waals surface area contributed by atoms with Crippen LogP contribution in [0.5, 0.6) is 0 Å². The highest BCUT2D eigenvalue weighted by Crippen LogP contribution is 2.43. The van der Waals surface area contributed by atoms with E-state index in [0.717, 1.165) is 12.1 Å². The summed E-state index contributed by atoms with van der Waals surface area (Å²) in [6.07, 6.45) is 8.54. The highest BCUT2D eigenvalue weighted by Gasteiger charge is 2.36. The van der Waals surface area contributed by atoms with Crippen LogP contribution in [0, 0.1) is 17.8 Å². The summed E-state index contributed by atoms with van der Waals surface area (Å²) in [6, 6.07) is 9.08. The highest BCUT2D eigenvalue weighted by atomic mass is 16.2. The van der Waals surface area contributed by atoms with Gasteiger partial charge in [0.05, 0.1) is 0 Å². The van der Waals surface area contributed by atoms with Crippen LogP contribution in [0.15, 0.2) is 48.8 Å². The molecule has 0 aliphatic heterocycles. The van der Waals surface area contributed by atoms with E-state index < -0.39 is 6.04 Å². The summed E-state index contributed by atoms with van der Waals surface area (Å²) in [5.74, 6) is 1.84. The van der Waals surface area contributed by atoms with Crippen LogP contribution in [0.25, 0.3) is 0 Å². The van der Waals surface area contributed by atoms with Gasteiger partial charge in [-0.05, 0) is 46.6 Å². The number of fused-ring (bicyclic) bond motifs is 2. The molecular formula is C17H19N5O. The molecule has 0 radical (unpaired) electrons. The van der Waals surface area contributed by atoms with Gasteiger partial charge in [-0.15, -0.1) is 5.10 Å². The molecule has 1 aromatic carbocycles. The third-order valence-corrected chi connectivity index (χ3v) is 4.95. The topological polar surface area (TPSA) is 72.7 Å². The second-order valence-electron chi connectivity index (χ2n) is 6.39. The fourth-order valence-corrected chi connectivity index (χ4v) is 3.80. The molecule has 4 rings (SSSR count). The predicted molar refractivity (Wildman–Crippen MR) is 84.3 cm³/mol. The van der Waals surface area contributed by atoms with Crippen molar-refractivity contribution in [2.75, 3.05) is 6.54 Å². The van der Waals surface area contributed by atoms with E-state index in [9.17, 15) is 4.79 Å². The Labute approximate surface area is 134 Å². The Balaban J connectivity index is 1.48. The first-order chi connectivity index (χ1) is 11.3. The van der Waals surface area contributed by atoms with Gasteiger partial charge in [0.1, 0.15) is 6.33 Å². The molecule has 4 atom stereocenters. The summed E-state index contributed by atoms with van der Waals surface area (Å²) >= 11 is 0. The lowest BCUT2D eigenvalue weighted by atomic mass is 9.93. The molecule has 6 heteroatoms. The van der Waals surface area contributed by atoms with Gasteiger partial charge in [-0.2, -0.15) is 0 Å². The Morgan fingerprint density at radius 3 is 2.78 bits per heavy atom. The maximum atomic E-state index is 12.8. The number of benzene rings is 1. The quantitative estimate of drug-likeness (QED) is 0.851. The largest absolute Gasteiger partial charge is 0.354 e. The zero-order valence-corrected chi connectivity index (χ0v) is 12.7. The SMILES string of the molecule is O=C(NC[C@@H]1C[C@H]2C=C[C@H]1C2)[C@@H](c1ccccc1)n1cnnn1. The number of rotatable bonds is 5. The second kappa shape index (κ2) is 5.95. The second-order valence-corrected chi connectivity index (χ2v) is 6.39. The first-order valence-corrected chi connectivity index (χ1v) is 8.04. The fourth-order valence-electron chi connectivity index (χ4n) is 3.80. The number of nitrogens with zero attached hydrogens (tertiary/aromatic N) is 4. The first-order valence-electron chi connectivity index (χ1n) is 8.04. The van der Waals surface area contributed by atoms with Crippen molar-refractivity contribution < 1.29 is 4.79 Å². The van der Waals surface area contributed by atoms with E-state index in [4.69, 9.17) is 0 Å². The smallest absolute Gasteiger partial charge is 0.249 e. The van der Waals surface area contributed by atoms with Crippen molar-refractivity contribution in [1.29, 1.82) is 0 Å². The van der Waals surface area contributed by atoms with Crippen LogP contribution < -0.4 is 5.32 Å². The average Bonchev–Trinajstić information content (AvgIpc) is 3.32. The van der Waals surface area contributed by atoms with Gasteiger partial charge in [0.25, 0.3) is 0 Å². The minimum atomic E-state index is -0.527. The molecule has 1 amide bonds. The van der Waals surface area contributed by atoms with Gasteiger partial charge < -0.3 is 5.32 Å². The third-order valence-electron chi connectivity index (χ3n) is 4.95. The van der Waals surface area contributed by atoms with Crippen molar-refractivity contribution in [2.45, 2.75) is 18.9 Å². The summed E-state index contributed by atoms with van der Waals surface area (Å²) < 4.78 is 1.51. The maximum Gasteiger partial charge on any atom is 0.249 e. The van der Waals surface area contributed by atoms with Gasteiger partial charge in [-0.25, -0.2) is 4.68 Å². The van der Waals surface area contributed by atoms with Gasteiger partial charge in [0, 0.05) is 6.54 Å². The molecule has 0 spiro atoms. The molecule has 2 aliphatic carbocycles. The van der Waals surface area contributed by atoms with Gasteiger partial charge >= 0.3 is 0 Å². The molecule has 1 aromatic heterocycles. The molecule has 2 bridgehead atoms. The Morgan fingerprint density at radius 1 is 1.26 bits per heavy atom. The van der Waals surface area contributed by atoms with Gasteiger partial charge in [-0.1, -0.05) is 42.5 Å². The number of tetrazole rings is 1. The minimum absolute atomic E-state index is 0.0600. The van der Waals surface area contributed by atoms with Crippen LogP contribution in [0.4, 0.5) is 0 Å². The van der Waals surface area contributed by atoms with E-state index >= 15 is 0 Å². The van der Waals surface area contributed by atoms with Crippen molar-refractivity contribution >= 4 is 5.91 Å². The molecule has 1 heterocycles. The molecule has 118 valence electrons. The van der Waals surface area contributed by atoms with E-state index in [1.54, 1.807) is 0 Å². The zero-order valence-electron chi connectivity index (χ0n) is 12.7. The summed E-state index contributed by atoms with van der Waals surface area (Å²) in [6.45, 7) is 0.718. The van der Waals surface area contributed by atoms with E-state index in [1.807, 2.05) is 30.3 Å². The number of aromatic nitrogens is 4. The number of nitrogens with one attached hydrogen (secondary N) is 1. The van der Waals surface area contributed by atoms with Gasteiger partial charge in [0.15, 0.2) is 6.04 Å². The lowest BCUT2D eigenvalue weighted by Crippen LogP contribution is -2.37. The molecule has 0 saturated heterocycles. The number of amides is 1. The number of hydrogen-bond donors (Lipinski definition) is 1. The van der Waals surface area contributed by atoms with Crippen LogP contribution in [-0.4, -0.2) is 32.7 Å². The van der Waals surface area contributed by atoms with E-state index in [-0.39, 0.29) is 5.91 Å². The van der Waals surface area contributed by atoms with E-state index in [2.05, 4.69) is 33.0 Å². The Morgan fingerprint density at radius 2 is 2.13 bits per heavy atom. The summed E-state index contributed by atoms with van der Waals surface area (Å²) in [5, 5.41) is 14.3. The monoisotopic (exact) mass is 309 g/mol. The Hall–Kier alpha value is -2.50. The Bertz CT molecular complexity index is 697. The molecule has 1 saturated carbocycles. The van der Waals surface area contributed by atoms with Crippen LogP contribution in [0.3, 0.4) is 0 Å². The zero-order chi connectivity index (χ0) is 15.6. The van der Waals surface area contributed by atoms with Gasteiger partial charge in [0.2, 0.25) is 5.91 Å². The predicted octanol–water partition coefficient (Wildman–Crippen LogP) is 1.59. The van der Waals surface area contributed by atoms with Crippen molar-refractivity contribution in [3.05, 3.63) is 54.4 Å². The van der Waals surface area contributed by atoms with Crippen molar-refractivity contribution in [1.82, 2.24) is 25.5 Å². The summed E-state index contributed by atoms with van der Waals surface area (Å²) in [5.41, 5.74) is 0.880. The van der Waals surface area contributed by atoms with Gasteiger partial charge in [-0.3, -0.25) is 4.79 Å². The molecule has 1 N–H and O–H groups in total.